The lowest BCUT2D eigenvalue weighted by atomic mass is 10.2. The second-order valence-electron chi connectivity index (χ2n) is 3.55. The smallest absolute Gasteiger partial charge is 0.322 e. The third-order valence-corrected chi connectivity index (χ3v) is 2.79. The second kappa shape index (κ2) is 3.89. The summed E-state index contributed by atoms with van der Waals surface area (Å²) in [4.78, 5) is 4.30. The monoisotopic (exact) mass is 248 g/mol. The number of fused-ring (bicyclic) bond motifs is 3. The average molecular weight is 249 g/mol. The molecule has 1 aromatic carbocycles. The number of hydrogen-bond donors (Lipinski definition) is 0. The van der Waals surface area contributed by atoms with Crippen LogP contribution in [0.5, 0.6) is 5.95 Å². The molecule has 0 N–H and O–H groups in total. The van der Waals surface area contributed by atoms with Crippen LogP contribution in [-0.2, 0) is 0 Å². The summed E-state index contributed by atoms with van der Waals surface area (Å²) in [7, 11) is 0. The molecule has 3 rings (SSSR count). The Labute approximate surface area is 102 Å². The number of benzene rings is 1. The fourth-order valence-corrected chi connectivity index (χ4v) is 2.06. The molecule has 0 amide bonds. The molecule has 86 valence electrons. The van der Waals surface area contributed by atoms with Crippen LogP contribution >= 0.6 is 11.6 Å². The Morgan fingerprint density at radius 3 is 3.00 bits per heavy atom. The first kappa shape index (κ1) is 10.4. The van der Waals surface area contributed by atoms with Gasteiger partial charge in [0.05, 0.1) is 12.1 Å². The molecular formula is C12H9ClN2O2. The lowest BCUT2D eigenvalue weighted by Gasteiger charge is -2.00. The van der Waals surface area contributed by atoms with Crippen molar-refractivity contribution in [1.82, 2.24) is 10.1 Å². The largest absolute Gasteiger partial charge is 0.464 e. The molecule has 0 atom stereocenters. The number of para-hydroxylation sites is 1. The minimum atomic E-state index is 0.325. The van der Waals surface area contributed by atoms with Crippen LogP contribution in [0.4, 0.5) is 0 Å². The Bertz CT molecular complexity index is 693. The molecule has 3 aromatic rings. The Kier molecular flexibility index (Phi) is 2.37. The molecule has 0 spiro atoms. The van der Waals surface area contributed by atoms with E-state index in [0.29, 0.717) is 28.6 Å². The lowest BCUT2D eigenvalue weighted by Crippen LogP contribution is -1.90. The van der Waals surface area contributed by atoms with E-state index in [4.69, 9.17) is 20.9 Å². The summed E-state index contributed by atoms with van der Waals surface area (Å²) in [6.45, 7) is 2.37. The Morgan fingerprint density at radius 1 is 1.35 bits per heavy atom. The van der Waals surface area contributed by atoms with E-state index >= 15 is 0 Å². The summed E-state index contributed by atoms with van der Waals surface area (Å²) in [5.74, 6) is 0.325. The quantitative estimate of drug-likeness (QED) is 0.652. The van der Waals surface area contributed by atoms with Crippen molar-refractivity contribution in [3.63, 3.8) is 0 Å². The highest BCUT2D eigenvalue weighted by atomic mass is 35.5. The summed E-state index contributed by atoms with van der Waals surface area (Å²) >= 11 is 6.13. The number of ether oxygens (including phenoxy) is 1. The van der Waals surface area contributed by atoms with Crippen molar-refractivity contribution in [3.05, 3.63) is 29.4 Å². The highest BCUT2D eigenvalue weighted by Gasteiger charge is 2.17. The molecule has 0 saturated heterocycles. The molecule has 2 aromatic heterocycles. The zero-order valence-electron chi connectivity index (χ0n) is 9.11. The van der Waals surface area contributed by atoms with Crippen molar-refractivity contribution in [2.75, 3.05) is 6.61 Å². The summed E-state index contributed by atoms with van der Waals surface area (Å²) in [6.07, 6.45) is 0. The lowest BCUT2D eigenvalue weighted by molar-refractivity contribution is 0.230. The maximum Gasteiger partial charge on any atom is 0.322 e. The molecule has 0 aliphatic carbocycles. The molecule has 0 bridgehead atoms. The van der Waals surface area contributed by atoms with Gasteiger partial charge in [-0.15, -0.1) is 0 Å². The molecule has 2 heterocycles. The Hall–Kier alpha value is -1.81. The topological polar surface area (TPSA) is 48.2 Å². The number of rotatable bonds is 2. The first-order chi connectivity index (χ1) is 8.31. The van der Waals surface area contributed by atoms with E-state index in [1.165, 1.54) is 0 Å². The molecule has 0 radical (unpaired) electrons. The van der Waals surface area contributed by atoms with Gasteiger partial charge in [-0.05, 0) is 13.0 Å². The van der Waals surface area contributed by atoms with Gasteiger partial charge in [-0.1, -0.05) is 35.0 Å². The minimum absolute atomic E-state index is 0.325. The number of hydrogen-bond acceptors (Lipinski definition) is 4. The molecule has 17 heavy (non-hydrogen) atoms. The predicted octanol–water partition coefficient (Wildman–Crippen LogP) is 3.43. The van der Waals surface area contributed by atoms with Gasteiger partial charge in [0.1, 0.15) is 16.1 Å². The third-order valence-electron chi connectivity index (χ3n) is 2.52. The van der Waals surface area contributed by atoms with Crippen molar-refractivity contribution in [2.45, 2.75) is 6.92 Å². The molecule has 4 nitrogen and oxygen atoms in total. The van der Waals surface area contributed by atoms with Crippen molar-refractivity contribution in [3.8, 4) is 5.95 Å². The van der Waals surface area contributed by atoms with E-state index in [2.05, 4.69) is 10.1 Å². The van der Waals surface area contributed by atoms with Crippen LogP contribution in [-0.4, -0.2) is 16.7 Å². The fraction of sp³-hybridized carbons (Fsp3) is 0.167. The number of pyridine rings is 1. The van der Waals surface area contributed by atoms with Crippen molar-refractivity contribution in [2.24, 2.45) is 0 Å². The van der Waals surface area contributed by atoms with E-state index < -0.39 is 0 Å². The number of nitrogens with zero attached hydrogens (tertiary/aromatic N) is 2. The van der Waals surface area contributed by atoms with Gasteiger partial charge in [0.2, 0.25) is 0 Å². The fourth-order valence-electron chi connectivity index (χ4n) is 1.80. The molecule has 0 saturated carbocycles. The normalized spacial score (nSPS) is 11.2. The maximum atomic E-state index is 6.13. The molecule has 0 aliphatic rings. The first-order valence-corrected chi connectivity index (χ1v) is 5.65. The highest BCUT2D eigenvalue weighted by molar-refractivity contribution is 6.36. The first-order valence-electron chi connectivity index (χ1n) is 5.27. The van der Waals surface area contributed by atoms with E-state index in [0.717, 1.165) is 10.9 Å². The average Bonchev–Trinajstić information content (AvgIpc) is 2.75. The van der Waals surface area contributed by atoms with Crippen LogP contribution in [0.3, 0.4) is 0 Å². The van der Waals surface area contributed by atoms with Crippen LogP contribution in [0.2, 0.25) is 5.15 Å². The van der Waals surface area contributed by atoms with Crippen LogP contribution in [0.1, 0.15) is 6.92 Å². The van der Waals surface area contributed by atoms with Gasteiger partial charge in [0.25, 0.3) is 0 Å². The zero-order chi connectivity index (χ0) is 11.8. The van der Waals surface area contributed by atoms with Crippen molar-refractivity contribution >= 4 is 33.4 Å². The zero-order valence-corrected chi connectivity index (χ0v) is 9.86. The molecule has 0 fully saturated rings. The van der Waals surface area contributed by atoms with Gasteiger partial charge >= 0.3 is 5.95 Å². The Morgan fingerprint density at radius 2 is 2.18 bits per heavy atom. The SMILES string of the molecule is CCOc1onc2c1c(Cl)nc1ccccc12. The van der Waals surface area contributed by atoms with Gasteiger partial charge in [-0.25, -0.2) is 4.98 Å². The standard InChI is InChI=1S/C12H9ClN2O2/c1-2-16-12-9-10(15-17-12)7-5-3-4-6-8(7)14-11(9)13/h3-6H,2H2,1H3. The van der Waals surface area contributed by atoms with Gasteiger partial charge in [0, 0.05) is 5.39 Å². The summed E-state index contributed by atoms with van der Waals surface area (Å²) in [5, 5.41) is 5.89. The molecule has 0 aliphatic heterocycles. The van der Waals surface area contributed by atoms with Gasteiger partial charge in [0.15, 0.2) is 0 Å². The molecular weight excluding hydrogens is 240 g/mol. The van der Waals surface area contributed by atoms with Gasteiger partial charge in [-0.2, -0.15) is 0 Å². The third kappa shape index (κ3) is 1.52. The van der Waals surface area contributed by atoms with Crippen LogP contribution in [0.15, 0.2) is 28.8 Å². The summed E-state index contributed by atoms with van der Waals surface area (Å²) in [6, 6.07) is 7.64. The van der Waals surface area contributed by atoms with E-state index in [-0.39, 0.29) is 0 Å². The predicted molar refractivity (Wildman–Crippen MR) is 65.5 cm³/mol. The minimum Gasteiger partial charge on any atom is -0.464 e. The second-order valence-corrected chi connectivity index (χ2v) is 3.90. The molecule has 5 heteroatoms. The van der Waals surface area contributed by atoms with Gasteiger partial charge < -0.3 is 9.26 Å². The summed E-state index contributed by atoms with van der Waals surface area (Å²) < 4.78 is 10.5. The van der Waals surface area contributed by atoms with Crippen molar-refractivity contribution in [1.29, 1.82) is 0 Å². The van der Waals surface area contributed by atoms with E-state index in [1.807, 2.05) is 31.2 Å². The van der Waals surface area contributed by atoms with Gasteiger partial charge in [-0.3, -0.25) is 0 Å². The van der Waals surface area contributed by atoms with Crippen LogP contribution < -0.4 is 4.74 Å². The van der Waals surface area contributed by atoms with E-state index in [1.54, 1.807) is 0 Å². The maximum absolute atomic E-state index is 6.13. The van der Waals surface area contributed by atoms with Crippen LogP contribution in [0.25, 0.3) is 21.8 Å². The highest BCUT2D eigenvalue weighted by Crippen LogP contribution is 2.35. The number of aromatic nitrogens is 2. The van der Waals surface area contributed by atoms with Crippen molar-refractivity contribution < 1.29 is 9.26 Å². The molecule has 0 unspecified atom stereocenters. The number of halogens is 1. The summed E-state index contributed by atoms with van der Waals surface area (Å²) in [5.41, 5.74) is 1.48. The van der Waals surface area contributed by atoms with Crippen LogP contribution in [0, 0.1) is 0 Å². The van der Waals surface area contributed by atoms with E-state index in [9.17, 15) is 0 Å². The Balaban J connectivity index is 2.43.